The number of anilines is 2. The van der Waals surface area contributed by atoms with Gasteiger partial charge in [-0.3, -0.25) is 9.59 Å². The summed E-state index contributed by atoms with van der Waals surface area (Å²) >= 11 is 0. The summed E-state index contributed by atoms with van der Waals surface area (Å²) in [5, 5.41) is 5.36. The molecule has 4 aromatic rings. The first kappa shape index (κ1) is 19.8. The summed E-state index contributed by atoms with van der Waals surface area (Å²) in [7, 11) is 0. The van der Waals surface area contributed by atoms with Crippen molar-refractivity contribution in [1.82, 2.24) is 0 Å². The predicted molar refractivity (Wildman–Crippen MR) is 129 cm³/mol. The van der Waals surface area contributed by atoms with Crippen LogP contribution in [0.5, 0.6) is 0 Å². The Morgan fingerprint density at radius 3 is 2.25 bits per heavy atom. The van der Waals surface area contributed by atoms with E-state index >= 15 is 0 Å². The minimum Gasteiger partial charge on any atom is -0.350 e. The Morgan fingerprint density at radius 2 is 1.44 bits per heavy atom. The average Bonchev–Trinajstić information content (AvgIpc) is 3.05. The number of nitrogens with zero attached hydrogens (tertiary/aromatic N) is 1. The van der Waals surface area contributed by atoms with Crippen molar-refractivity contribution in [3.8, 4) is 0 Å². The molecule has 2 amide bonds. The van der Waals surface area contributed by atoms with Crippen molar-refractivity contribution in [2.75, 3.05) is 10.2 Å². The van der Waals surface area contributed by atoms with Gasteiger partial charge in [0, 0.05) is 11.1 Å². The summed E-state index contributed by atoms with van der Waals surface area (Å²) in [5.41, 5.74) is 4.64. The molecule has 0 unspecified atom stereocenters. The molecule has 0 aromatic heterocycles. The van der Waals surface area contributed by atoms with Crippen molar-refractivity contribution in [3.05, 3.63) is 113 Å². The van der Waals surface area contributed by atoms with Gasteiger partial charge in [-0.15, -0.1) is 0 Å². The van der Waals surface area contributed by atoms with Crippen molar-refractivity contribution < 1.29 is 9.59 Å². The van der Waals surface area contributed by atoms with Gasteiger partial charge in [-0.1, -0.05) is 78.9 Å². The van der Waals surface area contributed by atoms with Crippen LogP contribution in [0.1, 0.15) is 16.7 Å². The minimum atomic E-state index is -0.351. The van der Waals surface area contributed by atoms with Crippen LogP contribution in [-0.4, -0.2) is 11.8 Å². The van der Waals surface area contributed by atoms with Crippen LogP contribution in [0.3, 0.4) is 0 Å². The third-order valence-electron chi connectivity index (χ3n) is 5.80. The molecule has 5 rings (SSSR count). The van der Waals surface area contributed by atoms with E-state index in [1.54, 1.807) is 0 Å². The van der Waals surface area contributed by atoms with Gasteiger partial charge >= 0.3 is 0 Å². The summed E-state index contributed by atoms with van der Waals surface area (Å²) in [6, 6.07) is 29.0. The topological polar surface area (TPSA) is 49.4 Å². The fourth-order valence-corrected chi connectivity index (χ4v) is 4.17. The Morgan fingerprint density at radius 1 is 0.719 bits per heavy atom. The summed E-state index contributed by atoms with van der Waals surface area (Å²) < 4.78 is 0. The van der Waals surface area contributed by atoms with Crippen molar-refractivity contribution in [2.24, 2.45) is 0 Å². The third-order valence-corrected chi connectivity index (χ3v) is 5.80. The van der Waals surface area contributed by atoms with Gasteiger partial charge in [0.25, 0.3) is 11.8 Å². The van der Waals surface area contributed by atoms with E-state index in [9.17, 15) is 9.59 Å². The summed E-state index contributed by atoms with van der Waals surface area (Å²) in [6.45, 7) is 3.86. The number of hydrogen-bond donors (Lipinski definition) is 1. The van der Waals surface area contributed by atoms with Gasteiger partial charge in [-0.05, 0) is 48.1 Å². The van der Waals surface area contributed by atoms with Crippen LogP contribution in [0, 0.1) is 13.8 Å². The molecule has 1 heterocycles. The molecule has 4 nitrogen and oxygen atoms in total. The number of fused-ring (bicyclic) bond motifs is 1. The molecule has 0 saturated heterocycles. The molecule has 1 aliphatic rings. The lowest BCUT2D eigenvalue weighted by molar-refractivity contribution is -0.120. The number of carbonyl (C=O) groups excluding carboxylic acids is 2. The molecule has 0 radical (unpaired) electrons. The van der Waals surface area contributed by atoms with E-state index in [2.05, 4.69) is 5.32 Å². The smallest absolute Gasteiger partial charge is 0.282 e. The van der Waals surface area contributed by atoms with E-state index in [4.69, 9.17) is 0 Å². The molecule has 0 spiro atoms. The van der Waals surface area contributed by atoms with Gasteiger partial charge in [0.15, 0.2) is 0 Å². The summed E-state index contributed by atoms with van der Waals surface area (Å²) in [4.78, 5) is 28.6. The Kier molecular flexibility index (Phi) is 4.83. The zero-order valence-electron chi connectivity index (χ0n) is 17.9. The lowest BCUT2D eigenvalue weighted by Gasteiger charge is -2.18. The normalized spacial score (nSPS) is 13.9. The zero-order valence-corrected chi connectivity index (χ0v) is 17.9. The molecule has 32 heavy (non-hydrogen) atoms. The van der Waals surface area contributed by atoms with Gasteiger partial charge in [0.05, 0.1) is 11.3 Å². The maximum absolute atomic E-state index is 13.7. The first-order valence-corrected chi connectivity index (χ1v) is 10.5. The van der Waals surface area contributed by atoms with E-state index in [0.29, 0.717) is 22.5 Å². The first-order chi connectivity index (χ1) is 15.5. The Hall–Kier alpha value is -4.18. The maximum Gasteiger partial charge on any atom is 0.282 e. The second-order valence-electron chi connectivity index (χ2n) is 8.00. The molecule has 1 aliphatic heterocycles. The van der Waals surface area contributed by atoms with Crippen molar-refractivity contribution in [2.45, 2.75) is 13.8 Å². The van der Waals surface area contributed by atoms with Crippen LogP contribution in [-0.2, 0) is 9.59 Å². The molecule has 0 bridgehead atoms. The quantitative estimate of drug-likeness (QED) is 0.423. The lowest BCUT2D eigenvalue weighted by atomic mass is 10.0. The SMILES string of the molecule is Cc1ccc(C)c(N2C(=O)C(Nc3cccc4ccccc34)=C(c3ccccc3)C2=O)c1. The molecule has 4 aromatic carbocycles. The largest absolute Gasteiger partial charge is 0.350 e. The monoisotopic (exact) mass is 418 g/mol. The maximum atomic E-state index is 13.7. The first-order valence-electron chi connectivity index (χ1n) is 10.5. The number of carbonyl (C=O) groups is 2. The van der Waals surface area contributed by atoms with Crippen LogP contribution >= 0.6 is 0 Å². The van der Waals surface area contributed by atoms with Crippen LogP contribution in [0.4, 0.5) is 11.4 Å². The molecule has 0 saturated carbocycles. The molecular formula is C28H22N2O2. The van der Waals surface area contributed by atoms with Crippen LogP contribution < -0.4 is 10.2 Å². The van der Waals surface area contributed by atoms with Gasteiger partial charge in [-0.2, -0.15) is 0 Å². The number of rotatable bonds is 4. The van der Waals surface area contributed by atoms with Crippen molar-refractivity contribution in [1.29, 1.82) is 0 Å². The highest BCUT2D eigenvalue weighted by Crippen LogP contribution is 2.36. The highest BCUT2D eigenvalue weighted by atomic mass is 16.2. The van der Waals surface area contributed by atoms with Crippen LogP contribution in [0.25, 0.3) is 16.3 Å². The van der Waals surface area contributed by atoms with E-state index in [0.717, 1.165) is 27.6 Å². The fraction of sp³-hybridized carbons (Fsp3) is 0.0714. The Labute approximate surface area is 186 Å². The molecule has 0 aliphatic carbocycles. The van der Waals surface area contributed by atoms with E-state index < -0.39 is 0 Å². The second kappa shape index (κ2) is 7.82. The Bertz CT molecular complexity index is 1400. The molecule has 0 atom stereocenters. The van der Waals surface area contributed by atoms with Gasteiger partial charge in [0.2, 0.25) is 0 Å². The number of aryl methyl sites for hydroxylation is 2. The van der Waals surface area contributed by atoms with Crippen molar-refractivity contribution >= 4 is 39.5 Å². The summed E-state index contributed by atoms with van der Waals surface area (Å²) in [6.07, 6.45) is 0. The summed E-state index contributed by atoms with van der Waals surface area (Å²) in [5.74, 6) is -0.673. The van der Waals surface area contributed by atoms with Gasteiger partial charge in [0.1, 0.15) is 5.70 Å². The Balaban J connectivity index is 1.68. The van der Waals surface area contributed by atoms with E-state index in [-0.39, 0.29) is 11.8 Å². The lowest BCUT2D eigenvalue weighted by Crippen LogP contribution is -2.33. The zero-order chi connectivity index (χ0) is 22.2. The van der Waals surface area contributed by atoms with E-state index in [1.807, 2.05) is 105 Å². The number of benzene rings is 4. The van der Waals surface area contributed by atoms with Gasteiger partial charge < -0.3 is 5.32 Å². The number of hydrogen-bond acceptors (Lipinski definition) is 3. The minimum absolute atomic E-state index is 0.290. The fourth-order valence-electron chi connectivity index (χ4n) is 4.17. The predicted octanol–water partition coefficient (Wildman–Crippen LogP) is 5.85. The molecule has 0 fully saturated rings. The number of amides is 2. The van der Waals surface area contributed by atoms with Crippen LogP contribution in [0.15, 0.2) is 96.7 Å². The molecular weight excluding hydrogens is 396 g/mol. The standard InChI is InChI=1S/C28H22N2O2/c1-18-15-16-19(2)24(17-18)30-27(31)25(21-10-4-3-5-11-21)26(28(30)32)29-23-14-8-12-20-9-6-7-13-22(20)23/h3-17,29H,1-2H3. The van der Waals surface area contributed by atoms with Gasteiger partial charge in [-0.25, -0.2) is 4.90 Å². The molecule has 1 N–H and O–H groups in total. The average molecular weight is 418 g/mol. The van der Waals surface area contributed by atoms with E-state index in [1.165, 1.54) is 4.90 Å². The highest BCUT2D eigenvalue weighted by molar-refractivity contribution is 6.46. The second-order valence-corrected chi connectivity index (χ2v) is 8.00. The number of nitrogens with one attached hydrogen (secondary N) is 1. The van der Waals surface area contributed by atoms with Crippen molar-refractivity contribution in [3.63, 3.8) is 0 Å². The number of imide groups is 1. The third kappa shape index (κ3) is 3.26. The molecule has 4 heteroatoms. The highest BCUT2D eigenvalue weighted by Gasteiger charge is 2.40. The van der Waals surface area contributed by atoms with Crippen LogP contribution in [0.2, 0.25) is 0 Å². The molecule has 156 valence electrons.